The first kappa shape index (κ1) is 73.1. The van der Waals surface area contributed by atoms with Gasteiger partial charge in [0.15, 0.2) is 6.10 Å². The molecule has 0 fully saturated rings. The maximum atomic E-state index is 12.9. The van der Waals surface area contributed by atoms with E-state index in [9.17, 15) is 14.4 Å². The number of ether oxygens (including phenoxy) is 3. The third-order valence-electron chi connectivity index (χ3n) is 13.7. The molecule has 0 aromatic rings. The van der Waals surface area contributed by atoms with Gasteiger partial charge in [-0.1, -0.05) is 265 Å². The van der Waals surface area contributed by atoms with Crippen molar-refractivity contribution in [2.75, 3.05) is 13.2 Å². The van der Waals surface area contributed by atoms with Crippen LogP contribution in [0.2, 0.25) is 0 Å². The summed E-state index contributed by atoms with van der Waals surface area (Å²) in [5.74, 6) is -0.905. The molecule has 0 saturated carbocycles. The average Bonchev–Trinajstić information content (AvgIpc) is 3.43. The number of esters is 3. The monoisotopic (exact) mass is 1070 g/mol. The Morgan fingerprint density at radius 2 is 0.506 bits per heavy atom. The van der Waals surface area contributed by atoms with Gasteiger partial charge in [-0.3, -0.25) is 14.4 Å². The summed E-state index contributed by atoms with van der Waals surface area (Å²) in [6.45, 7) is 6.48. The third-order valence-corrected chi connectivity index (χ3v) is 13.7. The fraction of sp³-hybridized carbons (Fsp3) is 0.704. The second kappa shape index (κ2) is 64.6. The van der Waals surface area contributed by atoms with Crippen LogP contribution in [0.4, 0.5) is 0 Å². The van der Waals surface area contributed by atoms with Gasteiger partial charge >= 0.3 is 17.9 Å². The van der Waals surface area contributed by atoms with Crippen molar-refractivity contribution in [1.29, 1.82) is 0 Å². The molecular formula is C71H120O6. The van der Waals surface area contributed by atoms with Gasteiger partial charge in [-0.15, -0.1) is 0 Å². The number of unbranched alkanes of at least 4 members (excludes halogenated alkanes) is 29. The molecule has 0 aliphatic carbocycles. The average molecular weight is 1070 g/mol. The molecule has 0 heterocycles. The van der Waals surface area contributed by atoms with Gasteiger partial charge in [-0.05, 0) is 128 Å². The highest BCUT2D eigenvalue weighted by Crippen LogP contribution is 2.16. The van der Waals surface area contributed by atoms with E-state index in [1.807, 2.05) is 0 Å². The molecule has 1 unspecified atom stereocenters. The van der Waals surface area contributed by atoms with E-state index in [1.165, 1.54) is 135 Å². The Kier molecular flexibility index (Phi) is 61.3. The summed E-state index contributed by atoms with van der Waals surface area (Å²) in [5, 5.41) is 0. The van der Waals surface area contributed by atoms with Crippen LogP contribution in [0.15, 0.2) is 109 Å². The second-order valence-electron chi connectivity index (χ2n) is 21.3. The number of allylic oxidation sites excluding steroid dienone is 18. The topological polar surface area (TPSA) is 78.9 Å². The molecule has 0 bridgehead atoms. The Balaban J connectivity index is 4.24. The molecule has 0 saturated heterocycles. The van der Waals surface area contributed by atoms with Crippen molar-refractivity contribution in [1.82, 2.24) is 0 Å². The molecule has 0 N–H and O–H groups in total. The summed E-state index contributed by atoms with van der Waals surface area (Å²) in [4.78, 5) is 38.2. The predicted molar refractivity (Wildman–Crippen MR) is 334 cm³/mol. The molecule has 0 rings (SSSR count). The van der Waals surface area contributed by atoms with Crippen LogP contribution in [0.5, 0.6) is 0 Å². The highest BCUT2D eigenvalue weighted by molar-refractivity contribution is 5.71. The molecule has 0 aromatic heterocycles. The van der Waals surface area contributed by atoms with Gasteiger partial charge in [0, 0.05) is 19.3 Å². The summed E-state index contributed by atoms with van der Waals surface area (Å²) in [7, 11) is 0. The van der Waals surface area contributed by atoms with Crippen molar-refractivity contribution in [3.63, 3.8) is 0 Å². The van der Waals surface area contributed by atoms with Crippen LogP contribution in [0.25, 0.3) is 0 Å². The van der Waals surface area contributed by atoms with Crippen molar-refractivity contribution in [2.24, 2.45) is 0 Å². The molecule has 440 valence electrons. The second-order valence-corrected chi connectivity index (χ2v) is 21.3. The van der Waals surface area contributed by atoms with E-state index in [-0.39, 0.29) is 31.1 Å². The summed E-state index contributed by atoms with van der Waals surface area (Å²) in [6, 6.07) is 0. The molecule has 1 atom stereocenters. The summed E-state index contributed by atoms with van der Waals surface area (Å²) in [5.41, 5.74) is 0. The number of hydrogen-bond acceptors (Lipinski definition) is 6. The Hall–Kier alpha value is -3.93. The fourth-order valence-corrected chi connectivity index (χ4v) is 8.88. The summed E-state index contributed by atoms with van der Waals surface area (Å²) in [6.07, 6.45) is 88.1. The van der Waals surface area contributed by atoms with Gasteiger partial charge in [0.05, 0.1) is 0 Å². The molecule has 6 heteroatoms. The molecule has 0 aliphatic heterocycles. The first-order chi connectivity index (χ1) is 38.0. The molecule has 0 aromatic carbocycles. The highest BCUT2D eigenvalue weighted by Gasteiger charge is 2.19. The van der Waals surface area contributed by atoms with Gasteiger partial charge in [0.25, 0.3) is 0 Å². The van der Waals surface area contributed by atoms with Gasteiger partial charge in [0.1, 0.15) is 13.2 Å². The Labute approximate surface area is 476 Å². The normalized spacial score (nSPS) is 12.8. The van der Waals surface area contributed by atoms with E-state index in [0.29, 0.717) is 19.3 Å². The lowest BCUT2D eigenvalue weighted by molar-refractivity contribution is -0.167. The van der Waals surface area contributed by atoms with Crippen molar-refractivity contribution in [3.8, 4) is 0 Å². The van der Waals surface area contributed by atoms with E-state index in [2.05, 4.69) is 130 Å². The largest absolute Gasteiger partial charge is 0.462 e. The minimum atomic E-state index is -0.790. The SMILES string of the molecule is CC/C=C\C/C=C\C/C=C\C/C=C\C/C=C\C/C=C\CCCCCCCCCCCCCCC(=O)OCC(COC(=O)CCCCCCC/C=C\CCCCC)OC(=O)CCCCCCC/C=C\C/C=C\CCCCCC. The van der Waals surface area contributed by atoms with E-state index in [0.717, 1.165) is 128 Å². The van der Waals surface area contributed by atoms with Crippen LogP contribution < -0.4 is 0 Å². The Morgan fingerprint density at radius 3 is 0.831 bits per heavy atom. The molecule has 0 amide bonds. The van der Waals surface area contributed by atoms with Crippen LogP contribution in [-0.2, 0) is 28.6 Å². The minimum Gasteiger partial charge on any atom is -0.462 e. The minimum absolute atomic E-state index is 0.0867. The quantitative estimate of drug-likeness (QED) is 0.0261. The zero-order valence-electron chi connectivity index (χ0n) is 50.4. The molecule has 0 radical (unpaired) electrons. The van der Waals surface area contributed by atoms with E-state index < -0.39 is 6.10 Å². The number of hydrogen-bond donors (Lipinski definition) is 0. The summed E-state index contributed by atoms with van der Waals surface area (Å²) >= 11 is 0. The van der Waals surface area contributed by atoms with Crippen LogP contribution in [-0.4, -0.2) is 37.2 Å². The fourth-order valence-electron chi connectivity index (χ4n) is 8.88. The van der Waals surface area contributed by atoms with Gasteiger partial charge in [-0.25, -0.2) is 0 Å². The van der Waals surface area contributed by atoms with E-state index in [4.69, 9.17) is 14.2 Å². The number of rotatable bonds is 58. The lowest BCUT2D eigenvalue weighted by atomic mass is 10.0. The first-order valence-corrected chi connectivity index (χ1v) is 32.4. The highest BCUT2D eigenvalue weighted by atomic mass is 16.6. The van der Waals surface area contributed by atoms with Crippen LogP contribution in [0.3, 0.4) is 0 Å². The van der Waals surface area contributed by atoms with E-state index in [1.54, 1.807) is 0 Å². The number of carbonyl (C=O) groups is 3. The van der Waals surface area contributed by atoms with E-state index >= 15 is 0 Å². The Bertz CT molecular complexity index is 1560. The van der Waals surface area contributed by atoms with Crippen molar-refractivity contribution < 1.29 is 28.6 Å². The van der Waals surface area contributed by atoms with Crippen LogP contribution >= 0.6 is 0 Å². The van der Waals surface area contributed by atoms with Gasteiger partial charge < -0.3 is 14.2 Å². The van der Waals surface area contributed by atoms with Crippen LogP contribution in [0, 0.1) is 0 Å². The van der Waals surface area contributed by atoms with Crippen molar-refractivity contribution >= 4 is 17.9 Å². The number of carbonyl (C=O) groups excluding carboxylic acids is 3. The smallest absolute Gasteiger partial charge is 0.306 e. The first-order valence-electron chi connectivity index (χ1n) is 32.4. The third kappa shape index (κ3) is 62.8. The van der Waals surface area contributed by atoms with Crippen molar-refractivity contribution in [3.05, 3.63) is 109 Å². The lowest BCUT2D eigenvalue weighted by Crippen LogP contribution is -2.30. The van der Waals surface area contributed by atoms with Gasteiger partial charge in [0.2, 0.25) is 0 Å². The molecule has 6 nitrogen and oxygen atoms in total. The molecule has 77 heavy (non-hydrogen) atoms. The predicted octanol–water partition coefficient (Wildman–Crippen LogP) is 22.2. The molecule has 0 aliphatic rings. The summed E-state index contributed by atoms with van der Waals surface area (Å²) < 4.78 is 16.9. The maximum Gasteiger partial charge on any atom is 0.306 e. The molecular weight excluding hydrogens is 949 g/mol. The maximum absolute atomic E-state index is 12.9. The standard InChI is InChI=1S/C71H120O6/c1-4-7-10-13-16-19-22-25-27-29-30-31-32-33-34-35-36-37-38-39-40-41-42-43-45-46-49-52-55-58-61-64-70(73)76-67-68(66-75-69(72)63-60-57-54-51-48-24-21-18-15-12-9-6-3)77-71(74)65-62-59-56-53-50-47-44-28-26-23-20-17-14-11-8-5-2/h7,10,16,18-21,23,25,27-28,30-31,33-34,36-37,44,68H,4-6,8-9,11-15,17,22,24,26,29,32,35,38-43,45-67H2,1-3H3/b10-7-,19-16-,21-18-,23-20-,27-25-,31-30-,34-33-,37-36-,44-28-. The Morgan fingerprint density at radius 1 is 0.273 bits per heavy atom. The zero-order valence-corrected chi connectivity index (χ0v) is 50.4. The van der Waals surface area contributed by atoms with Crippen molar-refractivity contribution in [2.45, 2.75) is 309 Å². The van der Waals surface area contributed by atoms with Gasteiger partial charge in [-0.2, -0.15) is 0 Å². The van der Waals surface area contributed by atoms with Crippen LogP contribution in [0.1, 0.15) is 303 Å². The lowest BCUT2D eigenvalue weighted by Gasteiger charge is -2.18. The zero-order chi connectivity index (χ0) is 55.7. The molecule has 0 spiro atoms.